The highest BCUT2D eigenvalue weighted by atomic mass is 19.4. The van der Waals surface area contributed by atoms with E-state index < -0.39 is 253 Å². The lowest BCUT2D eigenvalue weighted by molar-refractivity contribution is -0.192. The summed E-state index contributed by atoms with van der Waals surface area (Å²) in [6.45, 7) is 0.0511. The van der Waals surface area contributed by atoms with Crippen molar-refractivity contribution in [2.24, 2.45) is 17.2 Å². The number of alkyl carbamates (subject to hydrolysis) is 3. The van der Waals surface area contributed by atoms with Crippen LogP contribution < -0.4 is 81.0 Å². The summed E-state index contributed by atoms with van der Waals surface area (Å²) in [6, 6.07) is -0.386. The molecule has 0 bridgehead atoms. The maximum atomic E-state index is 14.5. The molecule has 2 aromatic carbocycles. The van der Waals surface area contributed by atoms with Gasteiger partial charge >= 0.3 is 54.3 Å². The van der Waals surface area contributed by atoms with Gasteiger partial charge in [-0.15, -0.1) is 0 Å². The molecule has 6 rings (SSSR count). The van der Waals surface area contributed by atoms with Crippen molar-refractivity contribution in [2.45, 2.75) is 195 Å². The number of aliphatic hydroxyl groups excluding tert-OH is 6. The predicted molar refractivity (Wildman–Crippen MR) is 463 cm³/mol. The van der Waals surface area contributed by atoms with E-state index in [0.717, 1.165) is 51.1 Å². The Morgan fingerprint density at radius 2 is 0.606 bits per heavy atom. The van der Waals surface area contributed by atoms with Crippen LogP contribution in [0.5, 0.6) is 0 Å². The van der Waals surface area contributed by atoms with Gasteiger partial charge in [0.25, 0.3) is 29.5 Å². The summed E-state index contributed by atoms with van der Waals surface area (Å²) in [5, 5.41) is 162. The van der Waals surface area contributed by atoms with Crippen LogP contribution in [0.15, 0.2) is 71.9 Å². The van der Waals surface area contributed by atoms with Gasteiger partial charge in [0.15, 0.2) is 54.5 Å². The van der Waals surface area contributed by atoms with E-state index in [1.165, 1.54) is 34.1 Å². The van der Waals surface area contributed by atoms with Gasteiger partial charge < -0.3 is 175 Å². The lowest BCUT2D eigenvalue weighted by Gasteiger charge is -2.41. The van der Waals surface area contributed by atoms with Crippen molar-refractivity contribution in [3.05, 3.63) is 105 Å². The molecule has 1 saturated heterocycles. The molecule has 4 heterocycles. The number of aromatic carboxylic acids is 1. The number of amides is 11. The zero-order valence-corrected chi connectivity index (χ0v) is 74.2. The number of carboxylic acids is 5. The maximum absolute atomic E-state index is 14.5. The molecule has 0 aliphatic carbocycles. The van der Waals surface area contributed by atoms with Gasteiger partial charge in [-0.25, -0.2) is 38.4 Å². The SMILES string of the molecule is CC(=O)N[C@H]1[C@H]([C@H](OC(=O)NCCCCCCNC(=O)c2cc(C(=O)O)cc(C(=O)N3CCN(C(=O)c4cc(C(=O)NCCCCCCNC(=O)O[C@@H]([C@@H]5OC(C(=O)O)=C[C@H](NC(=N)N)[C@H]5NC(C)=O)[C@H](O)CO)cc(C(=O)NCCCCCCNC(=O)O[C@@H]([C@@H]5OC(C(=O)O)=C[C@H](NC(=N)N)[C@H]5NC(C)=O)[C@H](O)CO)c4)CC3)c2)[C@H](O)CO)OC(C(=O)O)=C[C@@H]1NC(=N)N.O=C(O)C(F)(F)F. The molecule has 0 saturated carbocycles. The van der Waals surface area contributed by atoms with E-state index in [9.17, 15) is 136 Å². The number of alkyl halides is 3. The highest BCUT2D eigenvalue weighted by Crippen LogP contribution is 2.30. The molecule has 56 heteroatoms. The second-order valence-electron chi connectivity index (χ2n) is 31.1. The number of aliphatic hydroxyl groups is 6. The van der Waals surface area contributed by atoms with Crippen molar-refractivity contribution in [2.75, 3.05) is 85.3 Å². The molecule has 2 aromatic rings. The van der Waals surface area contributed by atoms with Crippen LogP contribution in [-0.2, 0) is 62.0 Å². The number of nitrogens with zero attached hydrogens (tertiary/aromatic N) is 2. The van der Waals surface area contributed by atoms with E-state index in [1.54, 1.807) is 0 Å². The van der Waals surface area contributed by atoms with Crippen LogP contribution in [0.2, 0.25) is 0 Å². The minimum atomic E-state index is -5.08. The molecule has 15 atom stereocenters. The number of benzene rings is 2. The summed E-state index contributed by atoms with van der Waals surface area (Å²) >= 11 is 0. The average Bonchev–Trinajstić information content (AvgIpc) is 0.797. The Hall–Kier alpha value is -14.7. The van der Waals surface area contributed by atoms with Gasteiger partial charge in [-0.2, -0.15) is 13.2 Å². The molecule has 0 spiro atoms. The van der Waals surface area contributed by atoms with Crippen molar-refractivity contribution < 1.29 is 174 Å². The van der Waals surface area contributed by atoms with E-state index in [4.69, 9.17) is 71.8 Å². The quantitative estimate of drug-likeness (QED) is 0.0128. The molecule has 0 unspecified atom stereocenters. The minimum absolute atomic E-state index is 0.00109. The molecule has 0 aromatic heterocycles. The molecule has 53 nitrogen and oxygen atoms in total. The fraction of sp³-hybridized carbons (Fsp3) is 0.543. The number of carboxylic acid groups (broad SMARTS) is 5. The smallest absolute Gasteiger partial charge is 0.478 e. The number of carbonyl (C=O) groups excluding carboxylic acids is 11. The minimum Gasteiger partial charge on any atom is -0.478 e. The standard InChI is InChI=1S/C79H114N20O31.C2HF3O2/c1-38(103)92-56-47(95-74(80)81)32-53(71(116)117)125-62(56)59(50(106)35-100)128-77(122)89-19-13-7-4-10-16-86-65(109)41-26-42(66(110)87-17-11-5-8-14-20-90-78(123)129-60(51(107)36-101)63-57(93-39(2)104)48(96-75(82)83)33-54(126-63)72(118)119)28-44(27-41)68(112)98-22-24-99(25-23-98)69(113)45-29-43(30-46(31-45)70(114)115)67(111)88-18-12-6-9-15-21-91-79(124)130-61(52(108)37-102)64-58(94-40(3)105)49(97-76(84)85)34-55(127-64)73(120)121;3-2(4,5)1(6)7/h26-34,47-52,56-64,100-102,106-108H,4-25,35-37H2,1-3H3,(H,86,109)(H,87,110)(H,88,111)(H,89,122)(H,90,123)(H,91,124)(H,92,103)(H,93,104)(H,94,105)(H,114,115)(H,116,117)(H,118,119)(H,120,121)(H4,80,81,95)(H4,82,83,96)(H4,84,85,97);(H,6,7)/t47-,48-,49-,50+,51+,52+,56+,57+,58+,59+,60+,61+,62+,63+,64+;/m0./s1. The third kappa shape index (κ3) is 36.9. The molecule has 11 amide bonds. The number of guanidine groups is 3. The Kier molecular flexibility index (Phi) is 45.5. The van der Waals surface area contributed by atoms with Crippen molar-refractivity contribution in [1.82, 2.24) is 73.6 Å². The van der Waals surface area contributed by atoms with Crippen molar-refractivity contribution in [3.8, 4) is 0 Å². The molecular formula is C81H115F3N20O33. The Balaban J connectivity index is 0.00000454. The number of hydrogen-bond donors (Lipinski definition) is 29. The van der Waals surface area contributed by atoms with Gasteiger partial charge in [-0.1, -0.05) is 38.5 Å². The number of unbranched alkanes of at least 4 members (excludes halogenated alkanes) is 9. The fourth-order valence-corrected chi connectivity index (χ4v) is 14.2. The van der Waals surface area contributed by atoms with E-state index in [2.05, 4.69) is 63.8 Å². The number of carbonyl (C=O) groups is 16. The summed E-state index contributed by atoms with van der Waals surface area (Å²) in [7, 11) is 0. The number of rotatable bonds is 48. The number of hydrogen-bond acceptors (Lipinski definition) is 31. The lowest BCUT2D eigenvalue weighted by Crippen LogP contribution is -2.65. The number of ether oxygens (including phenoxy) is 6. The highest BCUT2D eigenvalue weighted by molar-refractivity contribution is 6.06. The average molecular weight is 1950 g/mol. The first kappa shape index (κ1) is 113. The van der Waals surface area contributed by atoms with Gasteiger partial charge in [0.2, 0.25) is 35.0 Å². The molecule has 1 fully saturated rings. The number of nitrogens with two attached hydrogens (primary N) is 3. The van der Waals surface area contributed by atoms with E-state index in [1.807, 2.05) is 0 Å². The van der Waals surface area contributed by atoms with Crippen LogP contribution in [0.25, 0.3) is 0 Å². The molecular weight excluding hydrogens is 1840 g/mol. The summed E-state index contributed by atoms with van der Waals surface area (Å²) in [5.74, 6) is -18.5. The second-order valence-corrected chi connectivity index (χ2v) is 31.1. The summed E-state index contributed by atoms with van der Waals surface area (Å²) < 4.78 is 64.7. The van der Waals surface area contributed by atoms with E-state index in [-0.39, 0.29) is 93.3 Å². The fourth-order valence-electron chi connectivity index (χ4n) is 14.2. The second kappa shape index (κ2) is 55.2. The summed E-state index contributed by atoms with van der Waals surface area (Å²) in [6.07, 6.45) is -16.5. The highest BCUT2D eigenvalue weighted by Gasteiger charge is 2.51. The topological polar surface area (TPSA) is 851 Å². The largest absolute Gasteiger partial charge is 0.490 e. The van der Waals surface area contributed by atoms with Crippen LogP contribution in [0.1, 0.15) is 160 Å². The summed E-state index contributed by atoms with van der Waals surface area (Å²) in [5.41, 5.74) is 15.5. The maximum Gasteiger partial charge on any atom is 0.490 e. The van der Waals surface area contributed by atoms with Gasteiger partial charge in [0.1, 0.15) is 18.3 Å². The van der Waals surface area contributed by atoms with Crippen LogP contribution in [0.4, 0.5) is 27.6 Å². The first-order valence-electron chi connectivity index (χ1n) is 42.5. The Bertz CT molecular complexity index is 4600. The zero-order chi connectivity index (χ0) is 102. The van der Waals surface area contributed by atoms with Crippen LogP contribution in [-0.4, -0.2) is 362 Å². The first-order valence-corrected chi connectivity index (χ1v) is 42.5. The first-order chi connectivity index (χ1) is 64.6. The van der Waals surface area contributed by atoms with E-state index in [0.29, 0.717) is 77.0 Å². The van der Waals surface area contributed by atoms with E-state index >= 15 is 0 Å². The number of aliphatic carboxylic acids is 4. The Morgan fingerprint density at radius 3 is 0.818 bits per heavy atom. The monoisotopic (exact) mass is 1950 g/mol. The Morgan fingerprint density at radius 1 is 0.380 bits per heavy atom. The molecule has 758 valence electrons. The third-order valence-electron chi connectivity index (χ3n) is 20.6. The van der Waals surface area contributed by atoms with Crippen molar-refractivity contribution >= 4 is 113 Å². The van der Waals surface area contributed by atoms with Gasteiger partial charge in [0, 0.05) is 114 Å². The lowest BCUT2D eigenvalue weighted by atomic mass is 9.92. The number of piperazine rings is 1. The zero-order valence-electron chi connectivity index (χ0n) is 74.2. The van der Waals surface area contributed by atoms with Crippen molar-refractivity contribution in [3.63, 3.8) is 0 Å². The van der Waals surface area contributed by atoms with Crippen LogP contribution in [0.3, 0.4) is 0 Å². The molecule has 0 radical (unpaired) electrons. The Labute approximate surface area is 777 Å². The van der Waals surface area contributed by atoms with Crippen molar-refractivity contribution in [1.29, 1.82) is 16.2 Å². The number of halogens is 3. The molecule has 4 aliphatic heterocycles. The molecule has 4 aliphatic rings. The van der Waals surface area contributed by atoms with Crippen LogP contribution in [0, 0.1) is 16.2 Å². The predicted octanol–water partition coefficient (Wildman–Crippen LogP) is -5.00. The molecule has 137 heavy (non-hydrogen) atoms. The number of nitrogens with one attached hydrogen (secondary N) is 15. The summed E-state index contributed by atoms with van der Waals surface area (Å²) in [4.78, 5) is 206. The van der Waals surface area contributed by atoms with Gasteiger partial charge in [-0.05, 0) is 93.2 Å². The van der Waals surface area contributed by atoms with Gasteiger partial charge in [-0.3, -0.25) is 54.6 Å². The molecule has 32 N–H and O–H groups in total. The third-order valence-corrected chi connectivity index (χ3v) is 20.6. The van der Waals surface area contributed by atoms with Gasteiger partial charge in [0.05, 0.1) is 61.6 Å². The van der Waals surface area contributed by atoms with Crippen LogP contribution >= 0.6 is 0 Å². The normalized spacial score (nSPS) is 19.5.